The van der Waals surface area contributed by atoms with Gasteiger partial charge in [-0.1, -0.05) is 6.07 Å². The molecule has 0 spiro atoms. The smallest absolute Gasteiger partial charge is 0.232 e. The lowest BCUT2D eigenvalue weighted by Crippen LogP contribution is -2.06. The van der Waals surface area contributed by atoms with Crippen LogP contribution >= 0.6 is 0 Å². The number of pyridine rings is 2. The third-order valence-electron chi connectivity index (χ3n) is 2.61. The van der Waals surface area contributed by atoms with Crippen LogP contribution in [0, 0.1) is 5.82 Å². The summed E-state index contributed by atoms with van der Waals surface area (Å²) in [5.41, 5.74) is 12.1. The predicted octanol–water partition coefficient (Wildman–Crippen LogP) is 1.38. The minimum absolute atomic E-state index is 0.00101. The first-order valence-electron chi connectivity index (χ1n) is 6.22. The summed E-state index contributed by atoms with van der Waals surface area (Å²) in [6, 6.07) is 6.32. The molecular formula is C13H11FN8. The molecule has 0 atom stereocenters. The van der Waals surface area contributed by atoms with Crippen molar-refractivity contribution in [3.63, 3.8) is 0 Å². The number of nitrogens with two attached hydrogens (primary N) is 2. The highest BCUT2D eigenvalue weighted by Crippen LogP contribution is 2.18. The molecule has 0 aliphatic carbocycles. The maximum absolute atomic E-state index is 13.1. The maximum atomic E-state index is 13.1. The van der Waals surface area contributed by atoms with E-state index < -0.39 is 5.82 Å². The first-order chi connectivity index (χ1) is 10.6. The normalized spacial score (nSPS) is 10.4. The summed E-state index contributed by atoms with van der Waals surface area (Å²) in [5, 5.41) is 2.81. The van der Waals surface area contributed by atoms with Crippen LogP contribution in [0.5, 0.6) is 0 Å². The van der Waals surface area contributed by atoms with Crippen LogP contribution in [0.3, 0.4) is 0 Å². The van der Waals surface area contributed by atoms with Crippen LogP contribution in [0.4, 0.5) is 27.8 Å². The van der Waals surface area contributed by atoms with Crippen LogP contribution in [0.1, 0.15) is 0 Å². The topological polar surface area (TPSA) is 129 Å². The fraction of sp³-hybridized carbons (Fsp3) is 0. The Hall–Kier alpha value is -3.36. The largest absolute Gasteiger partial charge is 0.384 e. The first-order valence-corrected chi connectivity index (χ1v) is 6.22. The number of hydrogen-bond donors (Lipinski definition) is 3. The van der Waals surface area contributed by atoms with Crippen molar-refractivity contribution in [1.82, 2.24) is 24.9 Å². The van der Waals surface area contributed by atoms with E-state index in [0.29, 0.717) is 17.2 Å². The number of rotatable bonds is 3. The average Bonchev–Trinajstić information content (AvgIpc) is 2.46. The SMILES string of the molecule is Nc1cccc(-c2nc(N)nc(Nc3cncc(F)c3)n2)n1. The van der Waals surface area contributed by atoms with Gasteiger partial charge in [-0.3, -0.25) is 4.98 Å². The van der Waals surface area contributed by atoms with Gasteiger partial charge in [0.1, 0.15) is 17.3 Å². The fourth-order valence-corrected chi connectivity index (χ4v) is 1.75. The zero-order valence-corrected chi connectivity index (χ0v) is 11.2. The third kappa shape index (κ3) is 3.03. The van der Waals surface area contributed by atoms with E-state index in [1.54, 1.807) is 18.2 Å². The molecule has 0 unspecified atom stereocenters. The molecule has 0 saturated carbocycles. The monoisotopic (exact) mass is 298 g/mol. The van der Waals surface area contributed by atoms with Gasteiger partial charge in [0.25, 0.3) is 0 Å². The fourth-order valence-electron chi connectivity index (χ4n) is 1.75. The third-order valence-corrected chi connectivity index (χ3v) is 2.61. The average molecular weight is 298 g/mol. The lowest BCUT2D eigenvalue weighted by atomic mass is 10.3. The second-order valence-corrected chi connectivity index (χ2v) is 4.31. The molecule has 0 fully saturated rings. The van der Waals surface area contributed by atoms with E-state index in [2.05, 4.69) is 30.2 Å². The molecule has 5 N–H and O–H groups in total. The summed E-state index contributed by atoms with van der Waals surface area (Å²) in [5.74, 6) is 0.261. The number of anilines is 4. The Balaban J connectivity index is 1.96. The van der Waals surface area contributed by atoms with Gasteiger partial charge in [-0.2, -0.15) is 15.0 Å². The highest BCUT2D eigenvalue weighted by molar-refractivity contribution is 5.58. The summed E-state index contributed by atoms with van der Waals surface area (Å²) in [6.45, 7) is 0. The van der Waals surface area contributed by atoms with E-state index >= 15 is 0 Å². The van der Waals surface area contributed by atoms with Gasteiger partial charge in [-0.15, -0.1) is 0 Å². The molecule has 3 aromatic rings. The molecule has 8 nitrogen and oxygen atoms in total. The molecule has 3 aromatic heterocycles. The molecule has 3 heterocycles. The predicted molar refractivity (Wildman–Crippen MR) is 79.4 cm³/mol. The summed E-state index contributed by atoms with van der Waals surface area (Å²) in [7, 11) is 0. The minimum Gasteiger partial charge on any atom is -0.384 e. The Morgan fingerprint density at radius 3 is 2.64 bits per heavy atom. The van der Waals surface area contributed by atoms with Gasteiger partial charge in [0, 0.05) is 6.07 Å². The van der Waals surface area contributed by atoms with Gasteiger partial charge in [0.15, 0.2) is 5.82 Å². The zero-order valence-electron chi connectivity index (χ0n) is 11.2. The van der Waals surface area contributed by atoms with Gasteiger partial charge in [0.05, 0.1) is 18.1 Å². The number of nitrogens with one attached hydrogen (secondary N) is 1. The highest BCUT2D eigenvalue weighted by atomic mass is 19.1. The van der Waals surface area contributed by atoms with Crippen LogP contribution in [-0.2, 0) is 0 Å². The van der Waals surface area contributed by atoms with Crippen molar-refractivity contribution in [2.75, 3.05) is 16.8 Å². The molecular weight excluding hydrogens is 287 g/mol. The lowest BCUT2D eigenvalue weighted by molar-refractivity contribution is 0.622. The first kappa shape index (κ1) is 13.6. The van der Waals surface area contributed by atoms with Gasteiger partial charge >= 0.3 is 0 Å². The summed E-state index contributed by atoms with van der Waals surface area (Å²) in [6.07, 6.45) is 2.52. The quantitative estimate of drug-likeness (QED) is 0.661. The number of nitrogen functional groups attached to an aromatic ring is 2. The van der Waals surface area contributed by atoms with Gasteiger partial charge < -0.3 is 16.8 Å². The number of halogens is 1. The van der Waals surface area contributed by atoms with E-state index in [1.165, 1.54) is 12.3 Å². The number of nitrogens with zero attached hydrogens (tertiary/aromatic N) is 5. The number of hydrogen-bond acceptors (Lipinski definition) is 8. The molecule has 0 amide bonds. The number of aromatic nitrogens is 5. The van der Waals surface area contributed by atoms with Crippen LogP contribution in [0.25, 0.3) is 11.5 Å². The van der Waals surface area contributed by atoms with Crippen LogP contribution < -0.4 is 16.8 Å². The van der Waals surface area contributed by atoms with Crippen molar-refractivity contribution in [2.24, 2.45) is 0 Å². The van der Waals surface area contributed by atoms with Crippen molar-refractivity contribution in [3.8, 4) is 11.5 Å². The van der Waals surface area contributed by atoms with Crippen molar-refractivity contribution in [2.45, 2.75) is 0 Å². The maximum Gasteiger partial charge on any atom is 0.232 e. The van der Waals surface area contributed by atoms with E-state index in [0.717, 1.165) is 6.20 Å². The van der Waals surface area contributed by atoms with E-state index in [9.17, 15) is 4.39 Å². The summed E-state index contributed by atoms with van der Waals surface area (Å²) >= 11 is 0. The van der Waals surface area contributed by atoms with Crippen molar-refractivity contribution < 1.29 is 4.39 Å². The molecule has 110 valence electrons. The van der Waals surface area contributed by atoms with Gasteiger partial charge in [0.2, 0.25) is 11.9 Å². The summed E-state index contributed by atoms with van der Waals surface area (Å²) in [4.78, 5) is 20.0. The minimum atomic E-state index is -0.482. The Bertz CT molecular complexity index is 823. The Morgan fingerprint density at radius 1 is 1.00 bits per heavy atom. The Morgan fingerprint density at radius 2 is 1.86 bits per heavy atom. The van der Waals surface area contributed by atoms with E-state index in [1.807, 2.05) is 0 Å². The highest BCUT2D eigenvalue weighted by Gasteiger charge is 2.09. The molecule has 0 aliphatic heterocycles. The van der Waals surface area contributed by atoms with Crippen LogP contribution in [-0.4, -0.2) is 24.9 Å². The molecule has 22 heavy (non-hydrogen) atoms. The lowest BCUT2D eigenvalue weighted by Gasteiger charge is -2.07. The van der Waals surface area contributed by atoms with E-state index in [-0.39, 0.29) is 17.7 Å². The molecule has 0 aromatic carbocycles. The van der Waals surface area contributed by atoms with Crippen molar-refractivity contribution in [1.29, 1.82) is 0 Å². The van der Waals surface area contributed by atoms with Crippen molar-refractivity contribution in [3.05, 3.63) is 42.5 Å². The molecule has 0 bridgehead atoms. The van der Waals surface area contributed by atoms with E-state index in [4.69, 9.17) is 11.5 Å². The molecule has 9 heteroatoms. The summed E-state index contributed by atoms with van der Waals surface area (Å²) < 4.78 is 13.1. The second-order valence-electron chi connectivity index (χ2n) is 4.31. The second kappa shape index (κ2) is 5.56. The molecule has 0 radical (unpaired) electrons. The van der Waals surface area contributed by atoms with Gasteiger partial charge in [-0.05, 0) is 12.1 Å². The molecule has 3 rings (SSSR count). The van der Waals surface area contributed by atoms with Gasteiger partial charge in [-0.25, -0.2) is 9.37 Å². The van der Waals surface area contributed by atoms with Crippen LogP contribution in [0.2, 0.25) is 0 Å². The standard InChI is InChI=1S/C13H11FN8/c14-7-4-8(6-17-5-7)18-13-21-11(20-12(16)22-13)9-2-1-3-10(15)19-9/h1-6H,(H2,15,19)(H3,16,18,20,21,22). The van der Waals surface area contributed by atoms with Crippen LogP contribution in [0.15, 0.2) is 36.7 Å². The molecule has 0 saturated heterocycles. The Kier molecular flexibility index (Phi) is 3.44. The zero-order chi connectivity index (χ0) is 15.5. The molecule has 0 aliphatic rings. The van der Waals surface area contributed by atoms with Crippen molar-refractivity contribution >= 4 is 23.4 Å². The Labute approximate surface area is 124 Å².